The number of amides is 1. The lowest BCUT2D eigenvalue weighted by molar-refractivity contribution is -0.166. The van der Waals surface area contributed by atoms with Gasteiger partial charge in [-0.2, -0.15) is 5.26 Å². The molecule has 2 fully saturated rings. The molecule has 2 rings (SSSR count). The van der Waals surface area contributed by atoms with Gasteiger partial charge in [0.25, 0.3) is 0 Å². The summed E-state index contributed by atoms with van der Waals surface area (Å²) in [6.45, 7) is 0.864. The van der Waals surface area contributed by atoms with Crippen molar-refractivity contribution in [2.24, 2.45) is 5.41 Å². The maximum Gasteiger partial charge on any atom is 0.331 e. The molecule has 1 unspecified atom stereocenters. The van der Waals surface area contributed by atoms with Crippen LogP contribution >= 0.6 is 0 Å². The molecule has 1 heterocycles. The summed E-state index contributed by atoms with van der Waals surface area (Å²) in [7, 11) is 1.28. The number of carbonyl (C=O) groups excluding carboxylic acids is 2. The Morgan fingerprint density at radius 2 is 2.22 bits per heavy atom. The van der Waals surface area contributed by atoms with Crippen LogP contribution in [0.3, 0.4) is 0 Å². The number of methoxy groups -OCH3 is 1. The summed E-state index contributed by atoms with van der Waals surface area (Å²) >= 11 is 0. The van der Waals surface area contributed by atoms with E-state index in [1.807, 2.05) is 0 Å². The Hall–Kier alpha value is -1.61. The Bertz CT molecular complexity index is 397. The first-order valence-electron chi connectivity index (χ1n) is 6.02. The standard InChI is InChI=1S/C12H16N2O4/c1-17-10(15)9-7-18-6-5-14(9)11(16)12(8-13)3-2-4-12/h9H,2-7H2,1H3. The summed E-state index contributed by atoms with van der Waals surface area (Å²) in [5, 5.41) is 9.17. The number of ether oxygens (including phenoxy) is 2. The minimum atomic E-state index is -0.927. The van der Waals surface area contributed by atoms with Crippen LogP contribution in [0, 0.1) is 16.7 Å². The van der Waals surface area contributed by atoms with E-state index in [9.17, 15) is 14.9 Å². The summed E-state index contributed by atoms with van der Waals surface area (Å²) < 4.78 is 9.88. The lowest BCUT2D eigenvalue weighted by Crippen LogP contribution is -2.58. The van der Waals surface area contributed by atoms with Gasteiger partial charge >= 0.3 is 5.97 Å². The van der Waals surface area contributed by atoms with Gasteiger partial charge in [0, 0.05) is 6.54 Å². The third-order valence-electron chi connectivity index (χ3n) is 3.69. The van der Waals surface area contributed by atoms with Gasteiger partial charge in [-0.15, -0.1) is 0 Å². The molecule has 18 heavy (non-hydrogen) atoms. The van der Waals surface area contributed by atoms with Gasteiger partial charge in [0.15, 0.2) is 6.04 Å². The predicted octanol–water partition coefficient (Wildman–Crippen LogP) is 0.0807. The molecule has 0 aromatic carbocycles. The van der Waals surface area contributed by atoms with E-state index in [-0.39, 0.29) is 12.5 Å². The van der Waals surface area contributed by atoms with Gasteiger partial charge in [-0.05, 0) is 19.3 Å². The number of hydrogen-bond acceptors (Lipinski definition) is 5. The Morgan fingerprint density at radius 3 is 2.72 bits per heavy atom. The van der Waals surface area contributed by atoms with Crippen LogP contribution < -0.4 is 0 Å². The SMILES string of the molecule is COC(=O)C1COCCN1C(=O)C1(C#N)CCC1. The molecule has 6 heteroatoms. The first-order chi connectivity index (χ1) is 8.64. The number of carbonyl (C=O) groups is 2. The van der Waals surface area contributed by atoms with Crippen molar-refractivity contribution in [2.75, 3.05) is 26.9 Å². The molecule has 0 aromatic rings. The molecule has 6 nitrogen and oxygen atoms in total. The summed E-state index contributed by atoms with van der Waals surface area (Å²) in [6.07, 6.45) is 2.04. The molecule has 1 amide bonds. The monoisotopic (exact) mass is 252 g/mol. The molecule has 1 aliphatic heterocycles. The smallest absolute Gasteiger partial charge is 0.331 e. The van der Waals surface area contributed by atoms with Crippen molar-refractivity contribution in [2.45, 2.75) is 25.3 Å². The van der Waals surface area contributed by atoms with Crippen molar-refractivity contribution in [3.8, 4) is 6.07 Å². The van der Waals surface area contributed by atoms with E-state index in [1.54, 1.807) is 0 Å². The molecule has 1 aliphatic carbocycles. The molecule has 0 radical (unpaired) electrons. The summed E-state index contributed by atoms with van der Waals surface area (Å²) in [5.41, 5.74) is -0.927. The van der Waals surface area contributed by atoms with Gasteiger partial charge in [-0.3, -0.25) is 4.79 Å². The Labute approximate surface area is 105 Å². The third kappa shape index (κ3) is 1.95. The second kappa shape index (κ2) is 4.94. The fraction of sp³-hybridized carbons (Fsp3) is 0.750. The number of nitrogens with zero attached hydrogens (tertiary/aromatic N) is 2. The molecule has 0 N–H and O–H groups in total. The topological polar surface area (TPSA) is 79.6 Å². The summed E-state index contributed by atoms with van der Waals surface area (Å²) in [6, 6.07) is 1.39. The van der Waals surface area contributed by atoms with Crippen molar-refractivity contribution >= 4 is 11.9 Å². The Kier molecular flexibility index (Phi) is 3.53. The van der Waals surface area contributed by atoms with Crippen molar-refractivity contribution < 1.29 is 19.1 Å². The molecule has 1 saturated carbocycles. The molecule has 0 spiro atoms. The second-order valence-electron chi connectivity index (χ2n) is 4.66. The van der Waals surface area contributed by atoms with Crippen LogP contribution in [0.15, 0.2) is 0 Å². The van der Waals surface area contributed by atoms with Gasteiger partial charge < -0.3 is 14.4 Å². The minimum Gasteiger partial charge on any atom is -0.467 e. The van der Waals surface area contributed by atoms with Gasteiger partial charge in [-0.25, -0.2) is 4.79 Å². The van der Waals surface area contributed by atoms with Crippen molar-refractivity contribution in [1.29, 1.82) is 5.26 Å². The molecule has 1 atom stereocenters. The largest absolute Gasteiger partial charge is 0.467 e. The van der Waals surface area contributed by atoms with E-state index in [1.165, 1.54) is 12.0 Å². The van der Waals surface area contributed by atoms with E-state index in [4.69, 9.17) is 4.74 Å². The van der Waals surface area contributed by atoms with E-state index >= 15 is 0 Å². The highest BCUT2D eigenvalue weighted by atomic mass is 16.5. The van der Waals surface area contributed by atoms with Crippen LogP contribution in [0.1, 0.15) is 19.3 Å². The van der Waals surface area contributed by atoms with E-state index in [0.717, 1.165) is 6.42 Å². The number of hydrogen-bond donors (Lipinski definition) is 0. The van der Waals surface area contributed by atoms with Gasteiger partial charge in [0.05, 0.1) is 26.4 Å². The van der Waals surface area contributed by atoms with Crippen LogP contribution in [0.5, 0.6) is 0 Å². The first kappa shape index (κ1) is 12.8. The molecule has 0 aromatic heterocycles. The van der Waals surface area contributed by atoms with E-state index in [2.05, 4.69) is 10.8 Å². The van der Waals surface area contributed by atoms with Crippen LogP contribution in [-0.2, 0) is 19.1 Å². The van der Waals surface area contributed by atoms with Crippen LogP contribution in [0.25, 0.3) is 0 Å². The maximum absolute atomic E-state index is 12.4. The summed E-state index contributed by atoms with van der Waals surface area (Å²) in [4.78, 5) is 25.5. The zero-order valence-corrected chi connectivity index (χ0v) is 10.3. The lowest BCUT2D eigenvalue weighted by Gasteiger charge is -2.42. The average Bonchev–Trinajstić information content (AvgIpc) is 2.37. The third-order valence-corrected chi connectivity index (χ3v) is 3.69. The minimum absolute atomic E-state index is 0.139. The average molecular weight is 252 g/mol. The quantitative estimate of drug-likeness (QED) is 0.650. The Balaban J connectivity index is 2.16. The molecular formula is C12H16N2O4. The van der Waals surface area contributed by atoms with E-state index in [0.29, 0.717) is 26.0 Å². The zero-order chi connectivity index (χ0) is 13.2. The van der Waals surface area contributed by atoms with Crippen molar-refractivity contribution in [1.82, 2.24) is 4.90 Å². The first-order valence-corrected chi connectivity index (χ1v) is 6.02. The fourth-order valence-corrected chi connectivity index (χ4v) is 2.36. The van der Waals surface area contributed by atoms with E-state index < -0.39 is 17.4 Å². The molecule has 0 bridgehead atoms. The molecule has 98 valence electrons. The Morgan fingerprint density at radius 1 is 1.50 bits per heavy atom. The lowest BCUT2D eigenvalue weighted by atomic mass is 9.68. The molecule has 1 saturated heterocycles. The number of esters is 1. The zero-order valence-electron chi connectivity index (χ0n) is 10.3. The van der Waals surface area contributed by atoms with Crippen molar-refractivity contribution in [3.05, 3.63) is 0 Å². The molecular weight excluding hydrogens is 236 g/mol. The number of nitriles is 1. The van der Waals surface area contributed by atoms with Crippen LogP contribution in [-0.4, -0.2) is 49.7 Å². The van der Waals surface area contributed by atoms with Crippen LogP contribution in [0.4, 0.5) is 0 Å². The highest BCUT2D eigenvalue weighted by molar-refractivity contribution is 5.90. The van der Waals surface area contributed by atoms with Gasteiger partial charge in [-0.1, -0.05) is 0 Å². The fourth-order valence-electron chi connectivity index (χ4n) is 2.36. The highest BCUT2D eigenvalue weighted by Gasteiger charge is 2.49. The van der Waals surface area contributed by atoms with Crippen molar-refractivity contribution in [3.63, 3.8) is 0 Å². The predicted molar refractivity (Wildman–Crippen MR) is 60.2 cm³/mol. The summed E-state index contributed by atoms with van der Waals surface area (Å²) in [5.74, 6) is -0.745. The number of morpholine rings is 1. The van der Waals surface area contributed by atoms with Gasteiger partial charge in [0.1, 0.15) is 5.41 Å². The normalized spacial score (nSPS) is 25.8. The maximum atomic E-state index is 12.4. The highest BCUT2D eigenvalue weighted by Crippen LogP contribution is 2.42. The second-order valence-corrected chi connectivity index (χ2v) is 4.66. The van der Waals surface area contributed by atoms with Crippen LogP contribution in [0.2, 0.25) is 0 Å². The molecule has 2 aliphatic rings. The van der Waals surface area contributed by atoms with Gasteiger partial charge in [0.2, 0.25) is 5.91 Å². The number of rotatable bonds is 2.